The van der Waals surface area contributed by atoms with E-state index in [9.17, 15) is 0 Å². The van der Waals surface area contributed by atoms with Crippen LogP contribution in [0.4, 0.5) is 11.7 Å². The molecule has 5 aromatic heterocycles. The van der Waals surface area contributed by atoms with Crippen molar-refractivity contribution in [1.29, 1.82) is 5.26 Å². The van der Waals surface area contributed by atoms with Crippen molar-refractivity contribution in [2.24, 2.45) is 0 Å². The van der Waals surface area contributed by atoms with Crippen LogP contribution in [-0.2, 0) is 0 Å². The van der Waals surface area contributed by atoms with Crippen LogP contribution in [0.3, 0.4) is 0 Å². The van der Waals surface area contributed by atoms with Crippen LogP contribution in [0.1, 0.15) is 31.3 Å². The lowest BCUT2D eigenvalue weighted by molar-refractivity contribution is 0.337. The Hall–Kier alpha value is -4.86. The number of rotatable bonds is 6. The van der Waals surface area contributed by atoms with Crippen molar-refractivity contribution in [1.82, 2.24) is 44.9 Å². The summed E-state index contributed by atoms with van der Waals surface area (Å²) in [6, 6.07) is 6.64. The second-order valence-corrected chi connectivity index (χ2v) is 8.94. The number of pyridine rings is 2. The van der Waals surface area contributed by atoms with Gasteiger partial charge in [0.2, 0.25) is 5.89 Å². The highest BCUT2D eigenvalue weighted by Crippen LogP contribution is 2.31. The minimum atomic E-state index is 0.159. The zero-order valence-electron chi connectivity index (χ0n) is 19.9. The summed E-state index contributed by atoms with van der Waals surface area (Å²) in [4.78, 5) is 11.1. The Morgan fingerprint density at radius 1 is 1.11 bits per heavy atom. The molecule has 0 spiro atoms. The number of hydrogen-bond donors (Lipinski definition) is 1. The minimum Gasteiger partial charge on any atom is -0.408 e. The molecule has 36 heavy (non-hydrogen) atoms. The van der Waals surface area contributed by atoms with Crippen molar-refractivity contribution in [3.05, 3.63) is 48.4 Å². The molecule has 0 aliphatic carbocycles. The highest BCUT2D eigenvalue weighted by atomic mass is 16.4. The molecular formula is C23H22N12O. The molecule has 0 radical (unpaired) electrons. The summed E-state index contributed by atoms with van der Waals surface area (Å²) >= 11 is 0. The van der Waals surface area contributed by atoms with Gasteiger partial charge in [0.25, 0.3) is 0 Å². The van der Waals surface area contributed by atoms with Gasteiger partial charge < -0.3 is 14.6 Å². The van der Waals surface area contributed by atoms with Crippen LogP contribution in [0.5, 0.6) is 0 Å². The third kappa shape index (κ3) is 3.78. The van der Waals surface area contributed by atoms with Gasteiger partial charge in [0.15, 0.2) is 11.5 Å². The van der Waals surface area contributed by atoms with E-state index in [2.05, 4.69) is 60.8 Å². The Kier molecular flexibility index (Phi) is 5.06. The fraction of sp³-hybridized carbons (Fsp3) is 0.304. The van der Waals surface area contributed by atoms with E-state index in [1.807, 2.05) is 21.8 Å². The third-order valence-corrected chi connectivity index (χ3v) is 5.90. The lowest BCUT2D eigenvalue weighted by Crippen LogP contribution is -2.48. The van der Waals surface area contributed by atoms with Gasteiger partial charge >= 0.3 is 6.01 Å². The van der Waals surface area contributed by atoms with Crippen molar-refractivity contribution < 1.29 is 4.42 Å². The van der Waals surface area contributed by atoms with Crippen molar-refractivity contribution >= 4 is 22.7 Å². The molecule has 1 saturated heterocycles. The summed E-state index contributed by atoms with van der Waals surface area (Å²) in [7, 11) is 0. The Balaban J connectivity index is 1.29. The second-order valence-electron chi connectivity index (χ2n) is 8.94. The largest absolute Gasteiger partial charge is 0.408 e. The first-order valence-electron chi connectivity index (χ1n) is 11.5. The molecule has 13 heteroatoms. The van der Waals surface area contributed by atoms with Crippen LogP contribution in [0.25, 0.3) is 28.1 Å². The van der Waals surface area contributed by atoms with Crippen molar-refractivity contribution in [2.45, 2.75) is 32.9 Å². The molecule has 0 atom stereocenters. The van der Waals surface area contributed by atoms with E-state index >= 15 is 0 Å². The van der Waals surface area contributed by atoms with Crippen LogP contribution in [0, 0.1) is 18.3 Å². The molecule has 0 saturated carbocycles. The number of nitrogens with zero attached hydrogens (tertiary/aromatic N) is 11. The van der Waals surface area contributed by atoms with Crippen molar-refractivity contribution in [3.63, 3.8) is 0 Å². The molecule has 1 N–H and O–H groups in total. The quantitative estimate of drug-likeness (QED) is 0.380. The number of aryl methyl sites for hydroxylation is 1. The topological polar surface area (TPSA) is 152 Å². The molecule has 13 nitrogen and oxygen atoms in total. The summed E-state index contributed by atoms with van der Waals surface area (Å²) < 4.78 is 9.01. The van der Waals surface area contributed by atoms with Crippen molar-refractivity contribution in [2.75, 3.05) is 23.3 Å². The van der Waals surface area contributed by atoms with Gasteiger partial charge in [0.1, 0.15) is 11.8 Å². The summed E-state index contributed by atoms with van der Waals surface area (Å²) in [5.41, 5.74) is 3.51. The lowest BCUT2D eigenvalue weighted by atomic mass is 10.1. The fourth-order valence-corrected chi connectivity index (χ4v) is 4.12. The number of hydrogen-bond acceptors (Lipinski definition) is 11. The Bertz CT molecular complexity index is 1600. The number of nitriles is 1. The molecule has 6 rings (SSSR count). The maximum Gasteiger partial charge on any atom is 0.318 e. The Morgan fingerprint density at radius 2 is 1.97 bits per heavy atom. The first kappa shape index (κ1) is 21.7. The normalized spacial score (nSPS) is 13.8. The van der Waals surface area contributed by atoms with Crippen LogP contribution < -0.4 is 10.2 Å². The molecular weight excluding hydrogens is 460 g/mol. The maximum atomic E-state index is 9.14. The fourth-order valence-electron chi connectivity index (χ4n) is 4.12. The van der Waals surface area contributed by atoms with Crippen LogP contribution in [-0.4, -0.2) is 64.1 Å². The second kappa shape index (κ2) is 8.42. The number of nitrogens with one attached hydrogen (secondary N) is 1. The molecule has 0 amide bonds. The number of fused-ring (bicyclic) bond motifs is 1. The molecule has 1 aliphatic rings. The lowest BCUT2D eigenvalue weighted by Gasteiger charge is -2.37. The highest BCUT2D eigenvalue weighted by Gasteiger charge is 2.32. The molecule has 180 valence electrons. The standard InChI is InChI=1S/C23H22N12O/c1-13(2)28-19-5-21(35-22-16(8-27-35)4-15(6-24)7-26-22)25-9-18(19)20-12-34(32-30-20)17-10-33(11-17)23-31-29-14(3)36-23/h4-5,7-9,12-13,17H,10-11H2,1-3H3,(H,25,28). The van der Waals surface area contributed by atoms with Crippen LogP contribution in [0.2, 0.25) is 0 Å². The monoisotopic (exact) mass is 482 g/mol. The van der Waals surface area contributed by atoms with Gasteiger partial charge in [-0.1, -0.05) is 10.3 Å². The summed E-state index contributed by atoms with van der Waals surface area (Å²) in [5.74, 6) is 1.15. The Morgan fingerprint density at radius 3 is 2.72 bits per heavy atom. The zero-order chi connectivity index (χ0) is 24.8. The van der Waals surface area contributed by atoms with E-state index in [1.165, 1.54) is 6.20 Å². The minimum absolute atomic E-state index is 0.159. The van der Waals surface area contributed by atoms with Crippen LogP contribution >= 0.6 is 0 Å². The predicted molar refractivity (Wildman–Crippen MR) is 129 cm³/mol. The first-order chi connectivity index (χ1) is 17.5. The maximum absolute atomic E-state index is 9.14. The molecule has 0 aromatic carbocycles. The third-order valence-electron chi connectivity index (χ3n) is 5.90. The van der Waals surface area contributed by atoms with Gasteiger partial charge in [0, 0.05) is 61.2 Å². The van der Waals surface area contributed by atoms with Gasteiger partial charge in [-0.2, -0.15) is 15.0 Å². The molecule has 5 aromatic rings. The highest BCUT2D eigenvalue weighted by molar-refractivity contribution is 5.79. The zero-order valence-corrected chi connectivity index (χ0v) is 19.9. The van der Waals surface area contributed by atoms with E-state index in [4.69, 9.17) is 9.68 Å². The number of anilines is 2. The smallest absolute Gasteiger partial charge is 0.318 e. The van der Waals surface area contributed by atoms with Gasteiger partial charge in [-0.25, -0.2) is 14.6 Å². The van der Waals surface area contributed by atoms with Gasteiger partial charge in [-0.3, -0.25) is 0 Å². The predicted octanol–water partition coefficient (Wildman–Crippen LogP) is 2.52. The summed E-state index contributed by atoms with van der Waals surface area (Å²) in [6.07, 6.45) is 6.90. The first-order valence-corrected chi connectivity index (χ1v) is 11.5. The van der Waals surface area contributed by atoms with E-state index in [0.29, 0.717) is 47.7 Å². The molecule has 0 unspecified atom stereocenters. The van der Waals surface area contributed by atoms with Gasteiger partial charge in [0.05, 0.1) is 24.0 Å². The van der Waals surface area contributed by atoms with E-state index in [0.717, 1.165) is 16.6 Å². The van der Waals surface area contributed by atoms with Gasteiger partial charge in [-0.15, -0.1) is 10.2 Å². The molecule has 1 fully saturated rings. The molecule has 6 heterocycles. The van der Waals surface area contributed by atoms with E-state index < -0.39 is 0 Å². The van der Waals surface area contributed by atoms with E-state index in [1.54, 1.807) is 30.1 Å². The van der Waals surface area contributed by atoms with E-state index in [-0.39, 0.29) is 12.1 Å². The SMILES string of the molecule is Cc1nnc(N2CC(n3cc(-c4cnc(-n5ncc6cc(C#N)cnc65)cc4NC(C)C)nn3)C2)o1. The van der Waals surface area contributed by atoms with Crippen LogP contribution in [0.15, 0.2) is 41.3 Å². The van der Waals surface area contributed by atoms with Gasteiger partial charge in [-0.05, 0) is 19.9 Å². The van der Waals surface area contributed by atoms with Crippen molar-refractivity contribution in [3.8, 4) is 23.1 Å². The average Bonchev–Trinajstić information content (AvgIpc) is 3.57. The molecule has 1 aliphatic heterocycles. The number of aromatic nitrogens is 9. The summed E-state index contributed by atoms with van der Waals surface area (Å²) in [6.45, 7) is 7.33. The Labute approximate surface area is 205 Å². The molecule has 0 bridgehead atoms. The average molecular weight is 483 g/mol. The summed E-state index contributed by atoms with van der Waals surface area (Å²) in [5, 5.41) is 34.6.